The van der Waals surface area contributed by atoms with Crippen LogP contribution < -0.4 is 4.74 Å². The fraction of sp³-hybridized carbons (Fsp3) is 0.250. The predicted molar refractivity (Wildman–Crippen MR) is 93.1 cm³/mol. The lowest BCUT2D eigenvalue weighted by Gasteiger charge is -2.06. The molecule has 0 amide bonds. The van der Waals surface area contributed by atoms with Gasteiger partial charge in [-0.1, -0.05) is 36.4 Å². The van der Waals surface area contributed by atoms with Crippen molar-refractivity contribution in [2.24, 2.45) is 0 Å². The molecule has 0 saturated heterocycles. The summed E-state index contributed by atoms with van der Waals surface area (Å²) in [5, 5.41) is 0. The number of hydrogen-bond acceptors (Lipinski definition) is 4. The van der Waals surface area contributed by atoms with Gasteiger partial charge in [0.05, 0.1) is 25.9 Å². The molecule has 0 aromatic heterocycles. The van der Waals surface area contributed by atoms with Gasteiger partial charge in [-0.2, -0.15) is 0 Å². The normalized spacial score (nSPS) is 11.2. The molecule has 0 aliphatic rings. The molecule has 0 saturated carbocycles. The van der Waals surface area contributed by atoms with E-state index >= 15 is 0 Å². The lowest BCUT2D eigenvalue weighted by Crippen LogP contribution is -2.07. The summed E-state index contributed by atoms with van der Waals surface area (Å²) in [5.74, 6) is 0.511. The number of rotatable bonds is 8. The van der Waals surface area contributed by atoms with Crippen molar-refractivity contribution in [1.82, 2.24) is 0 Å². The summed E-state index contributed by atoms with van der Waals surface area (Å²) in [4.78, 5) is 11.8. The van der Waals surface area contributed by atoms with Crippen molar-refractivity contribution in [2.75, 3.05) is 20.3 Å². The van der Waals surface area contributed by atoms with Crippen molar-refractivity contribution in [2.45, 2.75) is 13.5 Å². The predicted octanol–water partition coefficient (Wildman–Crippen LogP) is 4.02. The van der Waals surface area contributed by atoms with Crippen molar-refractivity contribution in [3.8, 4) is 5.75 Å². The molecule has 0 atom stereocenters. The first kappa shape index (κ1) is 17.8. The van der Waals surface area contributed by atoms with Crippen molar-refractivity contribution in [3.63, 3.8) is 0 Å². The maximum Gasteiger partial charge on any atom is 0.338 e. The van der Waals surface area contributed by atoms with Crippen LogP contribution in [0.2, 0.25) is 0 Å². The van der Waals surface area contributed by atoms with Crippen LogP contribution in [-0.2, 0) is 16.1 Å². The van der Waals surface area contributed by atoms with Crippen LogP contribution in [0.5, 0.6) is 5.75 Å². The molecule has 2 aromatic rings. The zero-order valence-electron chi connectivity index (χ0n) is 14.0. The highest BCUT2D eigenvalue weighted by molar-refractivity contribution is 5.89. The fourth-order valence-corrected chi connectivity index (χ4v) is 2.00. The molecule has 0 spiro atoms. The van der Waals surface area contributed by atoms with Crippen LogP contribution in [0.15, 0.2) is 66.2 Å². The first-order valence-electron chi connectivity index (χ1n) is 7.77. The molecular weight excluding hydrogens is 304 g/mol. The van der Waals surface area contributed by atoms with Crippen LogP contribution in [-0.4, -0.2) is 26.3 Å². The summed E-state index contributed by atoms with van der Waals surface area (Å²) in [6, 6.07) is 16.7. The molecule has 2 rings (SSSR count). The van der Waals surface area contributed by atoms with Crippen molar-refractivity contribution in [3.05, 3.63) is 77.4 Å². The third-order valence-electron chi connectivity index (χ3n) is 3.42. The SMILES string of the molecule is COc1ccc(COCC=C(C)COC(=O)c2ccccc2)cc1. The van der Waals surface area contributed by atoms with Gasteiger partial charge in [0.25, 0.3) is 0 Å². The second-order valence-electron chi connectivity index (χ2n) is 5.36. The minimum Gasteiger partial charge on any atom is -0.497 e. The Morgan fingerprint density at radius 2 is 1.75 bits per heavy atom. The number of esters is 1. The summed E-state index contributed by atoms with van der Waals surface area (Å²) in [6.45, 7) is 3.17. The number of methoxy groups -OCH3 is 1. The minimum atomic E-state index is -0.317. The van der Waals surface area contributed by atoms with Gasteiger partial charge >= 0.3 is 5.97 Å². The van der Waals surface area contributed by atoms with E-state index in [1.165, 1.54) is 0 Å². The standard InChI is InChI=1S/C20H22O4/c1-16(14-24-20(21)18-6-4-3-5-7-18)12-13-23-15-17-8-10-19(22-2)11-9-17/h3-12H,13-15H2,1-2H3. The van der Waals surface area contributed by atoms with Crippen LogP contribution in [0, 0.1) is 0 Å². The topological polar surface area (TPSA) is 44.8 Å². The molecule has 0 aliphatic heterocycles. The zero-order chi connectivity index (χ0) is 17.2. The molecule has 4 heteroatoms. The molecule has 2 aromatic carbocycles. The summed E-state index contributed by atoms with van der Waals surface area (Å²) in [7, 11) is 1.64. The molecule has 24 heavy (non-hydrogen) atoms. The highest BCUT2D eigenvalue weighted by Gasteiger charge is 2.05. The van der Waals surface area contributed by atoms with Crippen LogP contribution in [0.25, 0.3) is 0 Å². The van der Waals surface area contributed by atoms with Crippen LogP contribution in [0.1, 0.15) is 22.8 Å². The first-order chi connectivity index (χ1) is 11.7. The zero-order valence-corrected chi connectivity index (χ0v) is 14.0. The lowest BCUT2D eigenvalue weighted by molar-refractivity contribution is 0.0538. The van der Waals surface area contributed by atoms with E-state index in [0.29, 0.717) is 18.8 Å². The van der Waals surface area contributed by atoms with Gasteiger partial charge in [-0.05, 0) is 42.3 Å². The second-order valence-corrected chi connectivity index (χ2v) is 5.36. The van der Waals surface area contributed by atoms with E-state index in [2.05, 4.69) is 0 Å². The number of carbonyl (C=O) groups excluding carboxylic acids is 1. The van der Waals surface area contributed by atoms with Crippen LogP contribution in [0.3, 0.4) is 0 Å². The minimum absolute atomic E-state index is 0.264. The van der Waals surface area contributed by atoms with Crippen molar-refractivity contribution in [1.29, 1.82) is 0 Å². The van der Waals surface area contributed by atoms with Gasteiger partial charge < -0.3 is 14.2 Å². The van der Waals surface area contributed by atoms with Crippen molar-refractivity contribution < 1.29 is 19.0 Å². The number of ether oxygens (including phenoxy) is 3. The van der Waals surface area contributed by atoms with E-state index in [4.69, 9.17) is 14.2 Å². The van der Waals surface area contributed by atoms with E-state index in [1.54, 1.807) is 19.2 Å². The Kier molecular flexibility index (Phi) is 7.05. The van der Waals surface area contributed by atoms with E-state index in [9.17, 15) is 4.79 Å². The maximum atomic E-state index is 11.8. The summed E-state index contributed by atoms with van der Waals surface area (Å²) < 4.78 is 16.0. The molecule has 0 aliphatic carbocycles. The molecule has 0 bridgehead atoms. The molecule has 4 nitrogen and oxygen atoms in total. The van der Waals surface area contributed by atoms with Crippen LogP contribution in [0.4, 0.5) is 0 Å². The van der Waals surface area contributed by atoms with E-state index in [1.807, 2.05) is 55.5 Å². The van der Waals surface area contributed by atoms with Crippen molar-refractivity contribution >= 4 is 5.97 Å². The summed E-state index contributed by atoms with van der Waals surface area (Å²) >= 11 is 0. The summed E-state index contributed by atoms with van der Waals surface area (Å²) in [5.41, 5.74) is 2.59. The Morgan fingerprint density at radius 1 is 1.04 bits per heavy atom. The molecular formula is C20H22O4. The first-order valence-corrected chi connectivity index (χ1v) is 7.77. The number of benzene rings is 2. The van der Waals surface area contributed by atoms with Gasteiger partial charge in [0.15, 0.2) is 0 Å². The van der Waals surface area contributed by atoms with Gasteiger partial charge in [-0.3, -0.25) is 0 Å². The monoisotopic (exact) mass is 326 g/mol. The molecule has 126 valence electrons. The quantitative estimate of drug-likeness (QED) is 0.418. The molecule has 0 radical (unpaired) electrons. The smallest absolute Gasteiger partial charge is 0.338 e. The van der Waals surface area contributed by atoms with Gasteiger partial charge in [0, 0.05) is 0 Å². The largest absolute Gasteiger partial charge is 0.497 e. The van der Waals surface area contributed by atoms with E-state index in [0.717, 1.165) is 16.9 Å². The third-order valence-corrected chi connectivity index (χ3v) is 3.42. The van der Waals surface area contributed by atoms with E-state index in [-0.39, 0.29) is 12.6 Å². The van der Waals surface area contributed by atoms with Gasteiger partial charge in [0.2, 0.25) is 0 Å². The number of carbonyl (C=O) groups is 1. The fourth-order valence-electron chi connectivity index (χ4n) is 2.00. The molecule has 0 heterocycles. The van der Waals surface area contributed by atoms with Gasteiger partial charge in [-0.25, -0.2) is 4.79 Å². The molecule has 0 fully saturated rings. The van der Waals surface area contributed by atoms with Crippen LogP contribution >= 0.6 is 0 Å². The Morgan fingerprint density at radius 3 is 2.42 bits per heavy atom. The molecule has 0 unspecified atom stereocenters. The second kappa shape index (κ2) is 9.53. The maximum absolute atomic E-state index is 11.8. The number of hydrogen-bond donors (Lipinski definition) is 0. The third kappa shape index (κ3) is 5.89. The van der Waals surface area contributed by atoms with E-state index < -0.39 is 0 Å². The molecule has 0 N–H and O–H groups in total. The van der Waals surface area contributed by atoms with Gasteiger partial charge in [-0.15, -0.1) is 0 Å². The Balaban J connectivity index is 1.69. The van der Waals surface area contributed by atoms with Gasteiger partial charge in [0.1, 0.15) is 12.4 Å². The Bertz CT molecular complexity index is 660. The lowest BCUT2D eigenvalue weighted by atomic mass is 10.2. The highest BCUT2D eigenvalue weighted by Crippen LogP contribution is 2.12. The average molecular weight is 326 g/mol. The Hall–Kier alpha value is -2.59. The summed E-state index contributed by atoms with van der Waals surface area (Å²) in [6.07, 6.45) is 1.92. The average Bonchev–Trinajstić information content (AvgIpc) is 2.64. The Labute approximate surface area is 142 Å². The highest BCUT2D eigenvalue weighted by atomic mass is 16.5.